The summed E-state index contributed by atoms with van der Waals surface area (Å²) in [6, 6.07) is -12.5. The maximum atomic E-state index is 15.4. The Morgan fingerprint density at radius 2 is 0.725 bits per heavy atom. The third-order valence-electron chi connectivity index (χ3n) is 16.6. The molecule has 9 atom stereocenters. The van der Waals surface area contributed by atoms with Gasteiger partial charge in [0, 0.05) is 71.0 Å². The molecule has 0 saturated carbocycles. The first-order valence-electron chi connectivity index (χ1n) is 36.7. The van der Waals surface area contributed by atoms with Crippen molar-refractivity contribution < 1.29 is 57.5 Å². The zero-order valence-electron chi connectivity index (χ0n) is 62.5. The highest BCUT2D eigenvalue weighted by Gasteiger charge is 2.36. The van der Waals surface area contributed by atoms with E-state index in [0.717, 1.165) is 4.90 Å². The van der Waals surface area contributed by atoms with Crippen molar-refractivity contribution in [2.75, 3.05) is 77.7 Å². The Kier molecular flexibility index (Phi) is 50.3. The largest absolute Gasteiger partial charge is 0.370 e. The molecular weight excluding hydrogens is 1440 g/mol. The first-order valence-corrected chi connectivity index (χ1v) is 37.3. The minimum absolute atomic E-state index is 0.0245. The van der Waals surface area contributed by atoms with Crippen LogP contribution in [0.15, 0.2) is 30.0 Å². The normalized spacial score (nSPS) is 18.6. The molecule has 1 rings (SSSR count). The standard InChI is InChI=1S/C64H124N32O12S/c65-26-5-3-16-40-53(103)90-41(17-4-6-27-66)54(104)92-43(21-13-32-84-62(74)75)56(106)94-45(23-15-34-86-64(78)79)58(108)96(35-8-2-1-7-28-80-47(97)24-9-25-48(98)87-38(51(101)89-40)18-10-29-81-59(68)69)36-49(99)88-39(19-11-30-82-60(70)71)52(102)91-42(20-12-31-83-61(72)73)55(105)93-44(22-14-33-85-63(76)77)57(107)95-46(37-109)50(67)100/h38-46,109H,1-37,65-66H2,(H2,67,100)(H,80,97)(H,87,98)(H,88,99)(H,89,101)(H,90,103)(H,91,102)(H,92,104)(H,93,105)(H,94,106)(H,95,107)(H4,68,69,81)(H4,70,71,82)(H4,72,73,83)(H4,74,75,84)(H4,76,77,85)(H4,78,79,86)/t38-,39-,40-,41-,42-,43-,44-,45-,46-/m0/s1. The lowest BCUT2D eigenvalue weighted by atomic mass is 10.0. The van der Waals surface area contributed by atoms with Crippen LogP contribution in [0.25, 0.3) is 0 Å². The van der Waals surface area contributed by atoms with Crippen molar-refractivity contribution in [1.82, 2.24) is 58.1 Å². The van der Waals surface area contributed by atoms with Gasteiger partial charge in [-0.3, -0.25) is 87.5 Å². The van der Waals surface area contributed by atoms with Crippen LogP contribution in [0.5, 0.6) is 0 Å². The van der Waals surface area contributed by atoms with Crippen LogP contribution in [0.3, 0.4) is 0 Å². The molecule has 0 aromatic heterocycles. The van der Waals surface area contributed by atoms with Gasteiger partial charge >= 0.3 is 0 Å². The predicted molar refractivity (Wildman–Crippen MR) is 418 cm³/mol. The van der Waals surface area contributed by atoms with E-state index in [4.69, 9.17) is 86.0 Å². The lowest BCUT2D eigenvalue weighted by molar-refractivity contribution is -0.141. The Balaban J connectivity index is 4.22. The number of primary amides is 1. The molecule has 0 bridgehead atoms. The molecule has 0 unspecified atom stereocenters. The summed E-state index contributed by atoms with van der Waals surface area (Å²) in [6.07, 6.45) is 2.74. The van der Waals surface area contributed by atoms with Gasteiger partial charge in [-0.05, 0) is 148 Å². The maximum Gasteiger partial charge on any atom is 0.245 e. The fourth-order valence-electron chi connectivity index (χ4n) is 10.9. The van der Waals surface area contributed by atoms with Crippen LogP contribution in [0, 0.1) is 0 Å². The SMILES string of the molecule is NCCCC[C@@H]1NC(=O)[C@H](CCCN=C(N)N)NC(=O)CCCC(=O)NCCCCCCN(CC(=O)N[C@@H](CCCN=C(N)N)C(=O)N[C@@H](CCCN=C(N)N)C(=O)N[C@@H](CCCN=C(N)N)C(=O)N[C@@H](CS)C(N)=O)C(=O)[C@H](CCCN=C(N)N)NC(=O)[C@H](CCCN=C(N)N)NC(=O)[C@H](CCCCN)NC1=O. The molecule has 0 aliphatic carbocycles. The number of amides is 12. The second-order valence-corrected chi connectivity index (χ2v) is 26.3. The molecular formula is C64H124N32O12S. The number of thiol groups is 1. The third-order valence-corrected chi connectivity index (χ3v) is 17.0. The highest BCUT2D eigenvalue weighted by molar-refractivity contribution is 7.80. The van der Waals surface area contributed by atoms with Crippen molar-refractivity contribution in [2.24, 2.45) is 116 Å². The molecule has 0 aromatic carbocycles. The number of nitrogens with one attached hydrogen (secondary N) is 10. The smallest absolute Gasteiger partial charge is 0.245 e. The topological polar surface area (TPSA) is 793 Å². The van der Waals surface area contributed by atoms with Crippen LogP contribution in [0.2, 0.25) is 0 Å². The van der Waals surface area contributed by atoms with Gasteiger partial charge in [-0.15, -0.1) is 0 Å². The minimum Gasteiger partial charge on any atom is -0.370 e. The van der Waals surface area contributed by atoms with Crippen molar-refractivity contribution in [3.05, 3.63) is 0 Å². The molecule has 618 valence electrons. The van der Waals surface area contributed by atoms with E-state index in [1.165, 1.54) is 0 Å². The third kappa shape index (κ3) is 45.7. The second-order valence-electron chi connectivity index (χ2n) is 25.9. The van der Waals surface area contributed by atoms with Crippen molar-refractivity contribution >= 4 is 119 Å². The number of hydrogen-bond donors (Lipinski definition) is 26. The molecule has 1 heterocycles. The molecule has 1 fully saturated rings. The second kappa shape index (κ2) is 56.8. The van der Waals surface area contributed by atoms with E-state index < -0.39 is 126 Å². The van der Waals surface area contributed by atoms with Gasteiger partial charge in [0.05, 0.1) is 6.54 Å². The summed E-state index contributed by atoms with van der Waals surface area (Å²) in [5.74, 6) is -11.3. The van der Waals surface area contributed by atoms with Crippen molar-refractivity contribution in [1.29, 1.82) is 0 Å². The maximum absolute atomic E-state index is 15.4. The van der Waals surface area contributed by atoms with E-state index in [9.17, 15) is 47.9 Å². The molecule has 0 spiro atoms. The molecule has 1 aliphatic rings. The number of hydrogen-bond acceptors (Lipinski definition) is 21. The zero-order valence-corrected chi connectivity index (χ0v) is 63.4. The fourth-order valence-corrected chi connectivity index (χ4v) is 11.2. The Hall–Kier alpha value is -10.5. The van der Waals surface area contributed by atoms with Gasteiger partial charge in [-0.1, -0.05) is 12.8 Å². The number of aliphatic imine (C=N–C) groups is 6. The Morgan fingerprint density at radius 1 is 0.394 bits per heavy atom. The first kappa shape index (κ1) is 96.5. The van der Waals surface area contributed by atoms with Gasteiger partial charge in [0.15, 0.2) is 35.8 Å². The van der Waals surface area contributed by atoms with Gasteiger partial charge < -0.3 is 144 Å². The molecule has 1 aliphatic heterocycles. The predicted octanol–water partition coefficient (Wildman–Crippen LogP) is -9.97. The molecule has 109 heavy (non-hydrogen) atoms. The van der Waals surface area contributed by atoms with Crippen LogP contribution < -0.4 is 139 Å². The van der Waals surface area contributed by atoms with Crippen molar-refractivity contribution in [3.8, 4) is 0 Å². The molecule has 12 amide bonds. The molecule has 0 radical (unpaired) electrons. The molecule has 1 saturated heterocycles. The number of nitrogens with zero attached hydrogens (tertiary/aromatic N) is 7. The summed E-state index contributed by atoms with van der Waals surface area (Å²) >= 11 is 4.11. The monoisotopic (exact) mass is 1560 g/mol. The minimum atomic E-state index is -1.50. The Bertz CT molecular complexity index is 3050. The molecule has 45 heteroatoms. The fraction of sp³-hybridized carbons (Fsp3) is 0.719. The number of nitrogens with two attached hydrogens (primary N) is 15. The van der Waals surface area contributed by atoms with Gasteiger partial charge in [-0.2, -0.15) is 12.6 Å². The van der Waals surface area contributed by atoms with E-state index in [0.29, 0.717) is 38.5 Å². The molecule has 0 aromatic rings. The van der Waals surface area contributed by atoms with E-state index in [-0.39, 0.29) is 235 Å². The molecule has 44 nitrogen and oxygen atoms in total. The van der Waals surface area contributed by atoms with Crippen LogP contribution in [0.4, 0.5) is 0 Å². The summed E-state index contributed by atoms with van der Waals surface area (Å²) in [5.41, 5.74) is 84.4. The van der Waals surface area contributed by atoms with Crippen molar-refractivity contribution in [2.45, 2.75) is 215 Å². The van der Waals surface area contributed by atoms with Gasteiger partial charge in [0.1, 0.15) is 54.4 Å². The van der Waals surface area contributed by atoms with Gasteiger partial charge in [-0.25, -0.2) is 0 Å². The van der Waals surface area contributed by atoms with Gasteiger partial charge in [0.25, 0.3) is 0 Å². The van der Waals surface area contributed by atoms with Crippen LogP contribution in [0.1, 0.15) is 161 Å². The quantitative estimate of drug-likeness (QED) is 0.0117. The Morgan fingerprint density at radius 3 is 1.10 bits per heavy atom. The first-order chi connectivity index (χ1) is 51.8. The van der Waals surface area contributed by atoms with E-state index >= 15 is 9.59 Å². The Labute approximate surface area is 641 Å². The highest BCUT2D eigenvalue weighted by Crippen LogP contribution is 2.15. The number of guanidine groups is 6. The lowest BCUT2D eigenvalue weighted by Gasteiger charge is -2.30. The zero-order chi connectivity index (χ0) is 81.6. The summed E-state index contributed by atoms with van der Waals surface area (Å²) in [4.78, 5) is 196. The lowest BCUT2D eigenvalue weighted by Crippen LogP contribution is -2.60. The molecule has 40 N–H and O–H groups in total. The number of unbranched alkanes of at least 4 members (excludes halogenated alkanes) is 2. The highest BCUT2D eigenvalue weighted by atomic mass is 32.1. The summed E-state index contributed by atoms with van der Waals surface area (Å²) < 4.78 is 0. The average molecular weight is 1570 g/mol. The number of rotatable bonds is 43. The number of carbonyl (C=O) groups excluding carboxylic acids is 12. The van der Waals surface area contributed by atoms with Gasteiger partial charge in [0.2, 0.25) is 70.9 Å². The van der Waals surface area contributed by atoms with Crippen LogP contribution >= 0.6 is 12.6 Å². The average Bonchev–Trinajstić information content (AvgIpc) is 0.863. The van der Waals surface area contributed by atoms with E-state index in [1.54, 1.807) is 0 Å². The van der Waals surface area contributed by atoms with E-state index in [2.05, 4.69) is 95.8 Å². The van der Waals surface area contributed by atoms with Crippen LogP contribution in [-0.2, 0) is 57.5 Å². The summed E-state index contributed by atoms with van der Waals surface area (Å²) in [7, 11) is 0. The summed E-state index contributed by atoms with van der Waals surface area (Å²) in [5, 5.41) is 27.0. The summed E-state index contributed by atoms with van der Waals surface area (Å²) in [6.45, 7) is -0.297. The van der Waals surface area contributed by atoms with E-state index in [1.807, 2.05) is 0 Å². The van der Waals surface area contributed by atoms with Crippen molar-refractivity contribution in [3.63, 3.8) is 0 Å². The van der Waals surface area contributed by atoms with Crippen LogP contribution in [-0.4, -0.2) is 244 Å². The number of carbonyl (C=O) groups is 12.